The van der Waals surface area contributed by atoms with Crippen LogP contribution in [0.15, 0.2) is 81.4 Å². The normalized spacial score (nSPS) is 17.5. The molecule has 6 rings (SSSR count). The number of aromatic nitrogens is 1. The summed E-state index contributed by atoms with van der Waals surface area (Å²) in [5.41, 5.74) is 7.37. The Balaban J connectivity index is 1.61. The summed E-state index contributed by atoms with van der Waals surface area (Å²) < 4.78 is 2.68. The molecule has 1 atom stereocenters. The third kappa shape index (κ3) is 3.47. The lowest BCUT2D eigenvalue weighted by Crippen LogP contribution is -2.38. The Morgan fingerprint density at radius 1 is 1.03 bits per heavy atom. The predicted molar refractivity (Wildman–Crippen MR) is 138 cm³/mol. The fourth-order valence-electron chi connectivity index (χ4n) is 4.89. The molecule has 33 heavy (non-hydrogen) atoms. The van der Waals surface area contributed by atoms with Gasteiger partial charge in [-0.15, -0.1) is 11.3 Å². The minimum absolute atomic E-state index is 0.0514. The minimum atomic E-state index is -0.115. The monoisotopic (exact) mass is 468 g/mol. The van der Waals surface area contributed by atoms with Gasteiger partial charge in [0, 0.05) is 10.4 Å². The van der Waals surface area contributed by atoms with E-state index in [0.717, 1.165) is 38.3 Å². The van der Waals surface area contributed by atoms with Crippen LogP contribution in [0.3, 0.4) is 0 Å². The number of thiazole rings is 1. The molecule has 1 aliphatic heterocycles. The van der Waals surface area contributed by atoms with Crippen LogP contribution in [0.5, 0.6) is 0 Å². The number of aryl methyl sites for hydroxylation is 1. The third-order valence-corrected chi connectivity index (χ3v) is 8.41. The van der Waals surface area contributed by atoms with Crippen LogP contribution in [0.25, 0.3) is 11.8 Å². The zero-order chi connectivity index (χ0) is 22.5. The summed E-state index contributed by atoms with van der Waals surface area (Å²) >= 11 is 3.14. The highest BCUT2D eigenvalue weighted by Gasteiger charge is 2.32. The molecule has 1 aliphatic carbocycles. The van der Waals surface area contributed by atoms with Crippen LogP contribution in [0.1, 0.15) is 59.4 Å². The van der Waals surface area contributed by atoms with Crippen LogP contribution in [-0.2, 0) is 6.42 Å². The van der Waals surface area contributed by atoms with Crippen molar-refractivity contribution in [3.8, 4) is 0 Å². The molecule has 2 aromatic carbocycles. The molecular weight excluding hydrogens is 444 g/mol. The second kappa shape index (κ2) is 8.08. The molecule has 0 saturated heterocycles. The summed E-state index contributed by atoms with van der Waals surface area (Å²) in [5, 5.41) is 2.04. The number of benzene rings is 2. The van der Waals surface area contributed by atoms with Crippen molar-refractivity contribution in [1.82, 2.24) is 4.57 Å². The van der Waals surface area contributed by atoms with Gasteiger partial charge in [-0.25, -0.2) is 4.99 Å². The van der Waals surface area contributed by atoms with E-state index in [1.54, 1.807) is 11.3 Å². The van der Waals surface area contributed by atoms with Gasteiger partial charge in [0.2, 0.25) is 0 Å². The molecule has 164 valence electrons. The van der Waals surface area contributed by atoms with Crippen molar-refractivity contribution < 1.29 is 0 Å². The van der Waals surface area contributed by atoms with E-state index in [4.69, 9.17) is 4.99 Å². The maximum Gasteiger partial charge on any atom is 0.271 e. The molecule has 0 radical (unpaired) electrons. The zero-order valence-electron chi connectivity index (χ0n) is 18.6. The quantitative estimate of drug-likeness (QED) is 0.391. The number of rotatable bonds is 3. The average molecular weight is 469 g/mol. The number of hydrogen-bond acceptors (Lipinski definition) is 4. The largest absolute Gasteiger partial charge is 0.272 e. The van der Waals surface area contributed by atoms with Gasteiger partial charge < -0.3 is 0 Å². The van der Waals surface area contributed by atoms with Gasteiger partial charge in [0.05, 0.1) is 16.3 Å². The molecule has 0 fully saturated rings. The SMILES string of the molecule is CC(C)c1ccc(C2C3=C(N=c4sc(=Cc5cccs5)c(=O)n42)c2ccccc2CC3)cc1. The van der Waals surface area contributed by atoms with E-state index in [2.05, 4.69) is 62.4 Å². The lowest BCUT2D eigenvalue weighted by atomic mass is 9.83. The highest BCUT2D eigenvalue weighted by Crippen LogP contribution is 2.41. The first-order valence-corrected chi connectivity index (χ1v) is 13.1. The van der Waals surface area contributed by atoms with E-state index in [1.165, 1.54) is 33.6 Å². The molecule has 2 aromatic heterocycles. The van der Waals surface area contributed by atoms with E-state index in [0.29, 0.717) is 5.92 Å². The Labute approximate surface area is 200 Å². The van der Waals surface area contributed by atoms with Crippen LogP contribution in [0.4, 0.5) is 0 Å². The third-order valence-electron chi connectivity index (χ3n) is 6.61. The van der Waals surface area contributed by atoms with Crippen LogP contribution < -0.4 is 14.9 Å². The number of hydrogen-bond donors (Lipinski definition) is 0. The number of thiophene rings is 1. The number of fused-ring (bicyclic) bond motifs is 3. The van der Waals surface area contributed by atoms with E-state index >= 15 is 0 Å². The molecule has 0 bridgehead atoms. The van der Waals surface area contributed by atoms with Crippen LogP contribution >= 0.6 is 22.7 Å². The molecule has 2 aliphatic rings. The molecule has 4 aromatic rings. The van der Waals surface area contributed by atoms with Crippen LogP contribution in [0, 0.1) is 0 Å². The molecular formula is C28H24N2OS2. The van der Waals surface area contributed by atoms with Gasteiger partial charge in [0.15, 0.2) is 4.80 Å². The Morgan fingerprint density at radius 2 is 1.85 bits per heavy atom. The van der Waals surface area contributed by atoms with E-state index < -0.39 is 0 Å². The van der Waals surface area contributed by atoms with Crippen molar-refractivity contribution in [2.45, 2.75) is 38.6 Å². The number of nitrogens with zero attached hydrogens (tertiary/aromatic N) is 2. The summed E-state index contributed by atoms with van der Waals surface area (Å²) in [5.74, 6) is 0.475. The van der Waals surface area contributed by atoms with E-state index in [1.807, 2.05) is 28.2 Å². The van der Waals surface area contributed by atoms with Gasteiger partial charge in [-0.1, -0.05) is 79.8 Å². The highest BCUT2D eigenvalue weighted by atomic mass is 32.1. The lowest BCUT2D eigenvalue weighted by Gasteiger charge is -2.31. The molecule has 3 nitrogen and oxygen atoms in total. The Morgan fingerprint density at radius 3 is 2.61 bits per heavy atom. The summed E-state index contributed by atoms with van der Waals surface area (Å²) in [7, 11) is 0. The van der Waals surface area contributed by atoms with E-state index in [9.17, 15) is 4.79 Å². The van der Waals surface area contributed by atoms with E-state index in [-0.39, 0.29) is 11.6 Å². The van der Waals surface area contributed by atoms with Crippen LogP contribution in [0.2, 0.25) is 0 Å². The zero-order valence-corrected chi connectivity index (χ0v) is 20.2. The van der Waals surface area contributed by atoms with Crippen molar-refractivity contribution in [3.63, 3.8) is 0 Å². The molecule has 1 unspecified atom stereocenters. The average Bonchev–Trinajstić information content (AvgIpc) is 3.46. The Kier molecular flexibility index (Phi) is 5.04. The Hall–Kier alpha value is -3.02. The smallest absolute Gasteiger partial charge is 0.271 e. The van der Waals surface area contributed by atoms with Gasteiger partial charge in [-0.3, -0.25) is 9.36 Å². The van der Waals surface area contributed by atoms with Crippen molar-refractivity contribution in [2.24, 2.45) is 4.99 Å². The summed E-state index contributed by atoms with van der Waals surface area (Å²) in [6.45, 7) is 4.42. The summed E-state index contributed by atoms with van der Waals surface area (Å²) in [4.78, 5) is 20.6. The van der Waals surface area contributed by atoms with Gasteiger partial charge in [-0.05, 0) is 58.5 Å². The Bertz CT molecular complexity index is 1550. The molecule has 0 amide bonds. The highest BCUT2D eigenvalue weighted by molar-refractivity contribution is 7.11. The second-order valence-corrected chi connectivity index (χ2v) is 10.9. The number of allylic oxidation sites excluding steroid dienone is 1. The topological polar surface area (TPSA) is 34.4 Å². The van der Waals surface area contributed by atoms with Gasteiger partial charge in [0.1, 0.15) is 0 Å². The minimum Gasteiger partial charge on any atom is -0.272 e. The lowest BCUT2D eigenvalue weighted by molar-refractivity contribution is 0.585. The van der Waals surface area contributed by atoms with Crippen LogP contribution in [-0.4, -0.2) is 4.57 Å². The first-order valence-electron chi connectivity index (χ1n) is 11.4. The molecule has 0 saturated carbocycles. The van der Waals surface area contributed by atoms with Crippen molar-refractivity contribution in [3.05, 3.63) is 118 Å². The predicted octanol–water partition coefficient (Wildman–Crippen LogP) is 5.50. The maximum absolute atomic E-state index is 13.7. The summed E-state index contributed by atoms with van der Waals surface area (Å²) in [6, 6.07) is 21.3. The van der Waals surface area contributed by atoms with Crippen molar-refractivity contribution in [1.29, 1.82) is 0 Å². The fourth-order valence-corrected chi connectivity index (χ4v) is 6.61. The molecule has 3 heterocycles. The first-order chi connectivity index (χ1) is 16.1. The first kappa shape index (κ1) is 20.6. The van der Waals surface area contributed by atoms with Gasteiger partial charge in [0.25, 0.3) is 5.56 Å². The van der Waals surface area contributed by atoms with Crippen molar-refractivity contribution in [2.75, 3.05) is 0 Å². The molecule has 5 heteroatoms. The fraction of sp³-hybridized carbons (Fsp3) is 0.214. The van der Waals surface area contributed by atoms with Gasteiger partial charge >= 0.3 is 0 Å². The standard InChI is InChI=1S/C28H24N2OS2/c1-17(2)18-9-11-20(12-10-18)26-23-14-13-19-6-3-4-8-22(19)25(23)29-28-30(26)27(31)24(33-28)16-21-7-5-15-32-21/h3-12,15-17,26H,13-14H2,1-2H3. The van der Waals surface area contributed by atoms with Crippen molar-refractivity contribution >= 4 is 34.4 Å². The molecule has 0 N–H and O–H groups in total. The molecule has 0 spiro atoms. The second-order valence-electron chi connectivity index (χ2n) is 8.95. The van der Waals surface area contributed by atoms with Gasteiger partial charge in [-0.2, -0.15) is 0 Å². The summed E-state index contributed by atoms with van der Waals surface area (Å²) in [6.07, 6.45) is 3.90. The maximum atomic E-state index is 13.7.